The smallest absolute Gasteiger partial charge is 0.356 e. The van der Waals surface area contributed by atoms with Gasteiger partial charge in [0.15, 0.2) is 11.5 Å². The normalized spacial score (nSPS) is 20.8. The summed E-state index contributed by atoms with van der Waals surface area (Å²) < 4.78 is 47.2. The van der Waals surface area contributed by atoms with Gasteiger partial charge in [-0.2, -0.15) is 4.91 Å². The minimum Gasteiger partial charge on any atom is -0.461 e. The number of anilines is 1. The zero-order valence-electron chi connectivity index (χ0n) is 23.6. The number of unbranched alkanes of at least 4 members (excludes halogenated alkanes) is 1. The van der Waals surface area contributed by atoms with Crippen LogP contribution in [0, 0.1) is 17.7 Å². The molecule has 3 aliphatic rings. The molecule has 2 heterocycles. The van der Waals surface area contributed by atoms with E-state index in [2.05, 4.69) is 5.18 Å². The van der Waals surface area contributed by atoms with Gasteiger partial charge in [0.25, 0.3) is 0 Å². The Morgan fingerprint density at radius 3 is 2.62 bits per heavy atom. The van der Waals surface area contributed by atoms with Gasteiger partial charge in [-0.25, -0.2) is 17.5 Å². The zero-order valence-corrected chi connectivity index (χ0v) is 24.4. The third-order valence-electron chi connectivity index (χ3n) is 7.80. The summed E-state index contributed by atoms with van der Waals surface area (Å²) in [4.78, 5) is 24.9. The standard InChI is InChI=1S/C31H34N2O8S/c1-3-21-15-16-24(30-29(21)40-19-41-30)27-23-12-5-7-14-26(23)42(37,38)33(25-13-6-4-10-20(25)2)28(27)31(35)39-17-9-8-11-22(18-34)32-36/h4-7,10,12-16,22-23,26,34H,3,8-9,11,17-19H2,1-2H3. The van der Waals surface area contributed by atoms with Crippen LogP contribution >= 0.6 is 0 Å². The molecule has 1 N–H and O–H groups in total. The molecular formula is C31H34N2O8S. The largest absolute Gasteiger partial charge is 0.461 e. The number of nitroso groups, excluding NO2 is 1. The summed E-state index contributed by atoms with van der Waals surface area (Å²) in [6, 6.07) is 10.1. The van der Waals surface area contributed by atoms with Crippen LogP contribution in [-0.4, -0.2) is 50.8 Å². The molecule has 2 aliphatic heterocycles. The molecule has 0 saturated carbocycles. The van der Waals surface area contributed by atoms with Gasteiger partial charge in [-0.05, 0) is 49.8 Å². The van der Waals surface area contributed by atoms with Crippen molar-refractivity contribution in [3.8, 4) is 11.5 Å². The summed E-state index contributed by atoms with van der Waals surface area (Å²) in [6.07, 6.45) is 8.86. The Balaban J connectivity index is 1.66. The molecule has 11 heteroatoms. The predicted molar refractivity (Wildman–Crippen MR) is 158 cm³/mol. The lowest BCUT2D eigenvalue weighted by atomic mass is 9.84. The molecule has 0 fully saturated rings. The molecule has 1 aliphatic carbocycles. The Labute approximate surface area is 245 Å². The fraction of sp³-hybridized carbons (Fsp3) is 0.387. The number of rotatable bonds is 11. The second-order valence-electron chi connectivity index (χ2n) is 10.4. The van der Waals surface area contributed by atoms with E-state index in [1.54, 1.807) is 55.5 Å². The van der Waals surface area contributed by atoms with E-state index in [1.807, 2.05) is 19.1 Å². The highest BCUT2D eigenvalue weighted by Crippen LogP contribution is 2.51. The molecule has 2 aromatic carbocycles. The fourth-order valence-electron chi connectivity index (χ4n) is 5.63. The SMILES string of the molecule is CCc1ccc(C2=C(C(=O)OCCCCC(CO)N=O)N(c3ccccc3C)S(=O)(=O)C3C=CC=CC23)c2c1OCO2. The minimum atomic E-state index is -4.13. The number of carbonyl (C=O) groups excluding carboxylic acids is 1. The lowest BCUT2D eigenvalue weighted by Crippen LogP contribution is -2.49. The second-order valence-corrected chi connectivity index (χ2v) is 12.3. The number of hydrogen-bond donors (Lipinski definition) is 1. The van der Waals surface area contributed by atoms with Crippen molar-refractivity contribution >= 4 is 27.3 Å². The van der Waals surface area contributed by atoms with Gasteiger partial charge in [-0.15, -0.1) is 0 Å². The number of allylic oxidation sites excluding steroid dienone is 4. The number of nitrogens with zero attached hydrogens (tertiary/aromatic N) is 2. The number of para-hydroxylation sites is 1. The van der Waals surface area contributed by atoms with Crippen molar-refractivity contribution in [1.82, 2.24) is 0 Å². The van der Waals surface area contributed by atoms with Crippen molar-refractivity contribution in [3.05, 3.63) is 88.0 Å². The van der Waals surface area contributed by atoms with Crippen LogP contribution in [0.2, 0.25) is 0 Å². The van der Waals surface area contributed by atoms with Gasteiger partial charge in [0.05, 0.1) is 18.9 Å². The summed E-state index contributed by atoms with van der Waals surface area (Å²) in [6.45, 7) is 3.45. The highest BCUT2D eigenvalue weighted by molar-refractivity contribution is 7.94. The Morgan fingerprint density at radius 1 is 1.12 bits per heavy atom. The van der Waals surface area contributed by atoms with Gasteiger partial charge in [-0.3, -0.25) is 0 Å². The van der Waals surface area contributed by atoms with E-state index in [0.717, 1.165) is 9.87 Å². The van der Waals surface area contributed by atoms with Gasteiger partial charge in [-0.1, -0.05) is 66.7 Å². The molecule has 10 nitrogen and oxygen atoms in total. The molecule has 0 spiro atoms. The first-order valence-corrected chi connectivity index (χ1v) is 15.5. The summed E-state index contributed by atoms with van der Waals surface area (Å²) in [5.41, 5.74) is 2.90. The van der Waals surface area contributed by atoms with Gasteiger partial charge < -0.3 is 19.3 Å². The maximum absolute atomic E-state index is 14.3. The maximum atomic E-state index is 14.3. The average molecular weight is 595 g/mol. The van der Waals surface area contributed by atoms with Crippen molar-refractivity contribution in [2.45, 2.75) is 50.8 Å². The van der Waals surface area contributed by atoms with E-state index in [-0.39, 0.29) is 25.7 Å². The molecule has 0 amide bonds. The molecule has 0 saturated heterocycles. The molecule has 5 rings (SSSR count). The van der Waals surface area contributed by atoms with Crippen LogP contribution in [0.1, 0.15) is 42.9 Å². The van der Waals surface area contributed by atoms with Gasteiger partial charge in [0.2, 0.25) is 16.8 Å². The van der Waals surface area contributed by atoms with Crippen molar-refractivity contribution in [1.29, 1.82) is 0 Å². The number of aliphatic hydroxyl groups is 1. The highest BCUT2D eigenvalue weighted by Gasteiger charge is 2.50. The summed E-state index contributed by atoms with van der Waals surface area (Å²) in [5.74, 6) is -0.428. The lowest BCUT2D eigenvalue weighted by Gasteiger charge is -2.40. The van der Waals surface area contributed by atoms with Crippen molar-refractivity contribution in [2.24, 2.45) is 11.1 Å². The third kappa shape index (κ3) is 5.34. The van der Waals surface area contributed by atoms with E-state index >= 15 is 0 Å². The van der Waals surface area contributed by atoms with Crippen LogP contribution in [0.15, 0.2) is 71.6 Å². The topological polar surface area (TPSA) is 132 Å². The van der Waals surface area contributed by atoms with E-state index in [1.165, 1.54) is 0 Å². The fourth-order valence-corrected chi connectivity index (χ4v) is 7.67. The minimum absolute atomic E-state index is 0.00932. The van der Waals surface area contributed by atoms with E-state index < -0.39 is 33.2 Å². The molecule has 0 radical (unpaired) electrons. The number of benzene rings is 2. The van der Waals surface area contributed by atoms with Crippen LogP contribution in [0.25, 0.3) is 5.57 Å². The predicted octanol–water partition coefficient (Wildman–Crippen LogP) is 4.80. The first-order valence-electron chi connectivity index (χ1n) is 14.0. The monoisotopic (exact) mass is 594 g/mol. The first kappa shape index (κ1) is 29.5. The van der Waals surface area contributed by atoms with Crippen LogP contribution in [0.5, 0.6) is 11.5 Å². The summed E-state index contributed by atoms with van der Waals surface area (Å²) in [7, 11) is -4.13. The van der Waals surface area contributed by atoms with Crippen molar-refractivity contribution < 1.29 is 32.5 Å². The first-order chi connectivity index (χ1) is 20.3. The number of esters is 1. The van der Waals surface area contributed by atoms with E-state index in [9.17, 15) is 23.2 Å². The Bertz CT molecular complexity index is 1560. The number of hydrogen-bond acceptors (Lipinski definition) is 9. The number of carbonyl (C=O) groups is 1. The zero-order chi connectivity index (χ0) is 29.9. The van der Waals surface area contributed by atoms with Gasteiger partial charge in [0.1, 0.15) is 17.0 Å². The van der Waals surface area contributed by atoms with Gasteiger partial charge in [0, 0.05) is 17.1 Å². The van der Waals surface area contributed by atoms with Crippen LogP contribution in [-0.2, 0) is 26.0 Å². The van der Waals surface area contributed by atoms with Crippen molar-refractivity contribution in [3.63, 3.8) is 0 Å². The Hall–Kier alpha value is -3.96. The summed E-state index contributed by atoms with van der Waals surface area (Å²) in [5, 5.41) is 11.1. The number of sulfonamides is 1. The number of aryl methyl sites for hydroxylation is 2. The molecule has 0 aromatic heterocycles. The quantitative estimate of drug-likeness (QED) is 0.223. The lowest BCUT2D eigenvalue weighted by molar-refractivity contribution is -0.139. The van der Waals surface area contributed by atoms with Crippen LogP contribution < -0.4 is 13.8 Å². The van der Waals surface area contributed by atoms with Crippen LogP contribution in [0.3, 0.4) is 0 Å². The van der Waals surface area contributed by atoms with Crippen LogP contribution in [0.4, 0.5) is 5.69 Å². The van der Waals surface area contributed by atoms with E-state index in [4.69, 9.17) is 14.2 Å². The van der Waals surface area contributed by atoms with Gasteiger partial charge >= 0.3 is 5.97 Å². The molecule has 222 valence electrons. The number of ether oxygens (including phenoxy) is 3. The number of aliphatic hydroxyl groups excluding tert-OH is 1. The molecule has 3 unspecified atom stereocenters. The average Bonchev–Trinajstić information content (AvgIpc) is 3.49. The molecule has 3 atom stereocenters. The summed E-state index contributed by atoms with van der Waals surface area (Å²) >= 11 is 0. The molecule has 0 bridgehead atoms. The Kier molecular flexibility index (Phi) is 8.79. The second kappa shape index (κ2) is 12.5. The Morgan fingerprint density at radius 2 is 1.88 bits per heavy atom. The molecular weight excluding hydrogens is 560 g/mol. The number of fused-ring (bicyclic) bond motifs is 2. The maximum Gasteiger partial charge on any atom is 0.356 e. The molecule has 42 heavy (non-hydrogen) atoms. The molecule has 2 aromatic rings. The van der Waals surface area contributed by atoms with E-state index in [0.29, 0.717) is 59.6 Å². The van der Waals surface area contributed by atoms with Crippen molar-refractivity contribution in [2.75, 3.05) is 24.3 Å². The highest BCUT2D eigenvalue weighted by atomic mass is 32.2. The third-order valence-corrected chi connectivity index (χ3v) is 9.82.